The number of rotatable bonds is 0. The first-order valence-electron chi connectivity index (χ1n) is 7.22. The van der Waals surface area contributed by atoms with Gasteiger partial charge in [-0.15, -0.1) is 0 Å². The number of fused-ring (bicyclic) bond motifs is 4. The van der Waals surface area contributed by atoms with Crippen molar-refractivity contribution in [2.24, 2.45) is 0 Å². The van der Waals surface area contributed by atoms with Crippen molar-refractivity contribution in [3.63, 3.8) is 0 Å². The monoisotopic (exact) mass is 279 g/mol. The van der Waals surface area contributed by atoms with Gasteiger partial charge in [0, 0.05) is 17.7 Å². The minimum Gasteiger partial charge on any atom is -0.487 e. The second-order valence-corrected chi connectivity index (χ2v) is 6.44. The molecule has 2 aromatic carbocycles. The Labute approximate surface area is 123 Å². The second kappa shape index (κ2) is 3.88. The van der Waals surface area contributed by atoms with Gasteiger partial charge in [-0.3, -0.25) is 4.79 Å². The van der Waals surface area contributed by atoms with E-state index in [2.05, 4.69) is 5.32 Å². The van der Waals surface area contributed by atoms with Crippen molar-refractivity contribution in [2.75, 3.05) is 5.32 Å². The molecule has 2 aliphatic rings. The van der Waals surface area contributed by atoms with Gasteiger partial charge in [-0.25, -0.2) is 0 Å². The number of amides is 1. The molecule has 1 unspecified atom stereocenters. The van der Waals surface area contributed by atoms with E-state index in [0.29, 0.717) is 6.42 Å². The van der Waals surface area contributed by atoms with E-state index in [1.54, 1.807) is 0 Å². The first-order chi connectivity index (χ1) is 10.0. The molecule has 4 rings (SSSR count). The molecule has 0 radical (unpaired) electrons. The van der Waals surface area contributed by atoms with Gasteiger partial charge in [0.25, 0.3) is 0 Å². The van der Waals surface area contributed by atoms with Gasteiger partial charge in [0.15, 0.2) is 0 Å². The fourth-order valence-corrected chi connectivity index (χ4v) is 3.73. The number of carbonyl (C=O) groups excluding carboxylic acids is 1. The average Bonchev–Trinajstić information content (AvgIpc) is 2.71. The highest BCUT2D eigenvalue weighted by molar-refractivity contribution is 6.09. The van der Waals surface area contributed by atoms with E-state index in [1.807, 2.05) is 62.4 Å². The van der Waals surface area contributed by atoms with Crippen LogP contribution >= 0.6 is 0 Å². The third-order valence-corrected chi connectivity index (χ3v) is 4.45. The maximum atomic E-state index is 12.9. The Balaban J connectivity index is 2.05. The number of hydrogen-bond donors (Lipinski definition) is 1. The highest BCUT2D eigenvalue weighted by Crippen LogP contribution is 2.53. The van der Waals surface area contributed by atoms with Gasteiger partial charge < -0.3 is 10.1 Å². The maximum Gasteiger partial charge on any atom is 0.239 e. The van der Waals surface area contributed by atoms with E-state index in [9.17, 15) is 4.79 Å². The van der Waals surface area contributed by atoms with Crippen LogP contribution in [0.2, 0.25) is 0 Å². The minimum atomic E-state index is -0.644. The van der Waals surface area contributed by atoms with Gasteiger partial charge in [0.05, 0.1) is 0 Å². The van der Waals surface area contributed by atoms with Crippen LogP contribution < -0.4 is 10.1 Å². The molecule has 0 bridgehead atoms. The minimum absolute atomic E-state index is 0.0486. The van der Waals surface area contributed by atoms with Crippen molar-refractivity contribution < 1.29 is 9.53 Å². The molecule has 1 N–H and O–H groups in total. The van der Waals surface area contributed by atoms with Gasteiger partial charge in [0.1, 0.15) is 16.8 Å². The molecule has 3 nitrogen and oxygen atoms in total. The molecule has 3 heteroatoms. The summed E-state index contributed by atoms with van der Waals surface area (Å²) >= 11 is 0. The molecular weight excluding hydrogens is 262 g/mol. The highest BCUT2D eigenvalue weighted by atomic mass is 16.5. The Morgan fingerprint density at radius 3 is 2.48 bits per heavy atom. The first-order valence-corrected chi connectivity index (χ1v) is 7.22. The third kappa shape index (κ3) is 1.57. The summed E-state index contributed by atoms with van der Waals surface area (Å²) in [7, 11) is 0. The van der Waals surface area contributed by atoms with Crippen molar-refractivity contribution in [1.82, 2.24) is 0 Å². The molecule has 0 saturated heterocycles. The van der Waals surface area contributed by atoms with E-state index >= 15 is 0 Å². The fourth-order valence-electron chi connectivity index (χ4n) is 3.73. The van der Waals surface area contributed by atoms with Gasteiger partial charge >= 0.3 is 0 Å². The number of carbonyl (C=O) groups is 1. The van der Waals surface area contributed by atoms with Crippen molar-refractivity contribution in [2.45, 2.75) is 31.3 Å². The number of benzene rings is 2. The molecule has 2 aliphatic heterocycles. The summed E-state index contributed by atoms with van der Waals surface area (Å²) in [5, 5.41) is 3.04. The lowest BCUT2D eigenvalue weighted by atomic mass is 9.67. The molecule has 0 saturated carbocycles. The van der Waals surface area contributed by atoms with Crippen LogP contribution in [0.15, 0.2) is 48.5 Å². The van der Waals surface area contributed by atoms with Crippen LogP contribution in [0, 0.1) is 0 Å². The summed E-state index contributed by atoms with van der Waals surface area (Å²) in [6.07, 6.45) is 0.639. The Bertz CT molecular complexity index is 750. The summed E-state index contributed by atoms with van der Waals surface area (Å²) < 4.78 is 6.09. The van der Waals surface area contributed by atoms with Crippen LogP contribution in [0.3, 0.4) is 0 Å². The van der Waals surface area contributed by atoms with Crippen molar-refractivity contribution in [3.05, 3.63) is 59.7 Å². The molecule has 106 valence electrons. The Kier molecular flexibility index (Phi) is 2.30. The molecule has 2 heterocycles. The zero-order valence-electron chi connectivity index (χ0n) is 12.1. The Morgan fingerprint density at radius 2 is 1.67 bits per heavy atom. The van der Waals surface area contributed by atoms with Gasteiger partial charge in [-0.2, -0.15) is 0 Å². The summed E-state index contributed by atoms with van der Waals surface area (Å²) in [5.41, 5.74) is 1.90. The lowest BCUT2D eigenvalue weighted by molar-refractivity contribution is -0.122. The highest BCUT2D eigenvalue weighted by Gasteiger charge is 2.55. The zero-order chi connectivity index (χ0) is 14.7. The summed E-state index contributed by atoms with van der Waals surface area (Å²) in [6, 6.07) is 15.8. The lowest BCUT2D eigenvalue weighted by Crippen LogP contribution is -2.48. The summed E-state index contributed by atoms with van der Waals surface area (Å²) in [5.74, 6) is 0.855. The third-order valence-electron chi connectivity index (χ3n) is 4.45. The quantitative estimate of drug-likeness (QED) is 0.801. The van der Waals surface area contributed by atoms with Crippen LogP contribution in [0.1, 0.15) is 31.4 Å². The van der Waals surface area contributed by atoms with Crippen molar-refractivity contribution in [3.8, 4) is 5.75 Å². The predicted molar refractivity (Wildman–Crippen MR) is 81.6 cm³/mol. The first kappa shape index (κ1) is 12.5. The fraction of sp³-hybridized carbons (Fsp3) is 0.278. The standard InChI is InChI=1S/C18H17NO2/c1-17(2)11-18(13-8-4-6-10-15(13)21-17)12-7-3-5-9-14(12)19-16(18)20/h3-10H,11H2,1-2H3,(H,19,20). The number of ether oxygens (including phenoxy) is 1. The Hall–Kier alpha value is -2.29. The molecule has 1 amide bonds. The van der Waals surface area contributed by atoms with E-state index in [0.717, 1.165) is 22.6 Å². The second-order valence-electron chi connectivity index (χ2n) is 6.44. The molecular formula is C18H17NO2. The van der Waals surface area contributed by atoms with E-state index < -0.39 is 5.41 Å². The number of anilines is 1. The van der Waals surface area contributed by atoms with Gasteiger partial charge in [0.2, 0.25) is 5.91 Å². The molecule has 1 spiro atoms. The van der Waals surface area contributed by atoms with E-state index in [1.165, 1.54) is 0 Å². The zero-order valence-corrected chi connectivity index (χ0v) is 12.1. The van der Waals surface area contributed by atoms with Crippen LogP contribution in [-0.2, 0) is 10.2 Å². The largest absolute Gasteiger partial charge is 0.487 e. The Morgan fingerprint density at radius 1 is 1.00 bits per heavy atom. The van der Waals surface area contributed by atoms with Crippen LogP contribution in [0.25, 0.3) is 0 Å². The summed E-state index contributed by atoms with van der Waals surface area (Å²) in [6.45, 7) is 4.08. The topological polar surface area (TPSA) is 38.3 Å². The molecule has 2 aromatic rings. The number of nitrogens with one attached hydrogen (secondary N) is 1. The lowest BCUT2D eigenvalue weighted by Gasteiger charge is -2.43. The van der Waals surface area contributed by atoms with E-state index in [4.69, 9.17) is 4.74 Å². The molecule has 21 heavy (non-hydrogen) atoms. The number of hydrogen-bond acceptors (Lipinski definition) is 2. The molecule has 0 fully saturated rings. The van der Waals surface area contributed by atoms with Crippen molar-refractivity contribution >= 4 is 11.6 Å². The predicted octanol–water partition coefficient (Wildman–Crippen LogP) is 3.49. The SMILES string of the molecule is CC1(C)CC2(C(=O)Nc3ccccc32)c2ccccc2O1. The van der Waals surface area contributed by atoms with Crippen LogP contribution in [0.5, 0.6) is 5.75 Å². The molecule has 0 aromatic heterocycles. The van der Waals surface area contributed by atoms with E-state index in [-0.39, 0.29) is 11.5 Å². The maximum absolute atomic E-state index is 12.9. The molecule has 0 aliphatic carbocycles. The summed E-state index contributed by atoms with van der Waals surface area (Å²) in [4.78, 5) is 12.9. The normalized spacial score (nSPS) is 25.0. The number of para-hydroxylation sites is 2. The van der Waals surface area contributed by atoms with Crippen LogP contribution in [0.4, 0.5) is 5.69 Å². The smallest absolute Gasteiger partial charge is 0.239 e. The average molecular weight is 279 g/mol. The van der Waals surface area contributed by atoms with Gasteiger partial charge in [-0.05, 0) is 31.5 Å². The van der Waals surface area contributed by atoms with Crippen molar-refractivity contribution in [1.29, 1.82) is 0 Å². The van der Waals surface area contributed by atoms with Gasteiger partial charge in [-0.1, -0.05) is 36.4 Å². The molecule has 1 atom stereocenters. The van der Waals surface area contributed by atoms with Crippen LogP contribution in [-0.4, -0.2) is 11.5 Å².